The van der Waals surface area contributed by atoms with Crippen molar-refractivity contribution in [3.05, 3.63) is 46.1 Å². The van der Waals surface area contributed by atoms with Crippen LogP contribution in [0.5, 0.6) is 0 Å². The predicted molar refractivity (Wildman–Crippen MR) is 88.9 cm³/mol. The molecule has 4 rings (SSSR count). The first-order valence-corrected chi connectivity index (χ1v) is 8.49. The second kappa shape index (κ2) is 6.05. The van der Waals surface area contributed by atoms with Gasteiger partial charge in [-0.05, 0) is 17.5 Å². The molecule has 7 nitrogen and oxygen atoms in total. The van der Waals surface area contributed by atoms with E-state index in [0.717, 1.165) is 50.0 Å². The Balaban J connectivity index is 1.43. The second-order valence-electron chi connectivity index (χ2n) is 5.61. The summed E-state index contributed by atoms with van der Waals surface area (Å²) in [5.41, 5.74) is 0.764. The number of H-pyrrole nitrogens is 1. The molecule has 0 aliphatic carbocycles. The number of aromatic nitrogens is 4. The van der Waals surface area contributed by atoms with Crippen LogP contribution in [-0.4, -0.2) is 46.1 Å². The van der Waals surface area contributed by atoms with Crippen LogP contribution in [-0.2, 0) is 6.54 Å². The van der Waals surface area contributed by atoms with Gasteiger partial charge in [-0.1, -0.05) is 0 Å². The lowest BCUT2D eigenvalue weighted by Crippen LogP contribution is -3.13. The molecule has 8 heteroatoms. The van der Waals surface area contributed by atoms with Crippen LogP contribution in [0.25, 0.3) is 10.2 Å². The maximum atomic E-state index is 12.0. The zero-order chi connectivity index (χ0) is 15.6. The van der Waals surface area contributed by atoms with Gasteiger partial charge in [0.2, 0.25) is 5.95 Å². The molecule has 3 aromatic rings. The van der Waals surface area contributed by atoms with Crippen molar-refractivity contribution in [3.63, 3.8) is 0 Å². The van der Waals surface area contributed by atoms with Crippen LogP contribution in [0.2, 0.25) is 0 Å². The van der Waals surface area contributed by atoms with Crippen molar-refractivity contribution >= 4 is 27.5 Å². The number of piperazine rings is 1. The number of rotatable bonds is 3. The number of nitrogens with zero attached hydrogens (tertiary/aromatic N) is 4. The summed E-state index contributed by atoms with van der Waals surface area (Å²) >= 11 is 1.43. The number of thiophene rings is 1. The van der Waals surface area contributed by atoms with Crippen LogP contribution in [0.1, 0.15) is 5.82 Å². The Hall–Kier alpha value is -2.32. The monoisotopic (exact) mass is 329 g/mol. The number of quaternary nitrogens is 1. The highest BCUT2D eigenvalue weighted by atomic mass is 32.1. The summed E-state index contributed by atoms with van der Waals surface area (Å²) in [6.45, 7) is 4.51. The van der Waals surface area contributed by atoms with Gasteiger partial charge in [0.05, 0.1) is 31.7 Å². The highest BCUT2D eigenvalue weighted by Crippen LogP contribution is 2.13. The zero-order valence-electron chi connectivity index (χ0n) is 12.5. The third-order valence-corrected chi connectivity index (χ3v) is 4.99. The summed E-state index contributed by atoms with van der Waals surface area (Å²) < 4.78 is 0.704. The fourth-order valence-electron chi connectivity index (χ4n) is 2.90. The van der Waals surface area contributed by atoms with Gasteiger partial charge in [-0.25, -0.2) is 15.0 Å². The molecule has 2 N–H and O–H groups in total. The number of anilines is 1. The molecule has 4 heterocycles. The minimum atomic E-state index is -0.0317. The van der Waals surface area contributed by atoms with E-state index in [1.165, 1.54) is 16.2 Å². The van der Waals surface area contributed by atoms with Gasteiger partial charge in [0.25, 0.3) is 5.56 Å². The molecule has 118 valence electrons. The number of aromatic amines is 1. The smallest absolute Gasteiger partial charge is 0.269 e. The summed E-state index contributed by atoms with van der Waals surface area (Å²) in [4.78, 5) is 31.7. The van der Waals surface area contributed by atoms with Crippen molar-refractivity contribution in [1.29, 1.82) is 0 Å². The fourth-order valence-corrected chi connectivity index (χ4v) is 3.62. The first-order valence-electron chi connectivity index (χ1n) is 7.61. The molecule has 0 spiro atoms. The summed E-state index contributed by atoms with van der Waals surface area (Å²) in [5.74, 6) is 1.55. The molecule has 1 aliphatic heterocycles. The number of fused-ring (bicyclic) bond motifs is 1. The minimum absolute atomic E-state index is 0.0317. The SMILES string of the molecule is O=c1[nH]c(C[NH+]2CCN(c3ncccn3)CC2)nc2ccsc12. The predicted octanol–water partition coefficient (Wildman–Crippen LogP) is -0.320. The van der Waals surface area contributed by atoms with Crippen LogP contribution >= 0.6 is 11.3 Å². The maximum absolute atomic E-state index is 12.0. The van der Waals surface area contributed by atoms with E-state index in [9.17, 15) is 4.79 Å². The molecule has 23 heavy (non-hydrogen) atoms. The molecule has 1 aliphatic rings. The minimum Gasteiger partial charge on any atom is -0.330 e. The quantitative estimate of drug-likeness (QED) is 0.688. The van der Waals surface area contributed by atoms with Crippen LogP contribution in [0.4, 0.5) is 5.95 Å². The molecule has 1 fully saturated rings. The van der Waals surface area contributed by atoms with E-state index in [1.54, 1.807) is 12.4 Å². The van der Waals surface area contributed by atoms with Crippen LogP contribution < -0.4 is 15.4 Å². The van der Waals surface area contributed by atoms with Crippen molar-refractivity contribution in [2.45, 2.75) is 6.54 Å². The van der Waals surface area contributed by atoms with Crippen molar-refractivity contribution < 1.29 is 4.90 Å². The first-order chi connectivity index (χ1) is 11.3. The van der Waals surface area contributed by atoms with E-state index < -0.39 is 0 Å². The Morgan fingerprint density at radius 1 is 1.26 bits per heavy atom. The normalized spacial score (nSPS) is 16.1. The molecule has 0 amide bonds. The molecule has 0 bridgehead atoms. The molecular formula is C15H17N6OS+. The first kappa shape index (κ1) is 14.3. The molecule has 0 atom stereocenters. The van der Waals surface area contributed by atoms with Crippen LogP contribution in [0.3, 0.4) is 0 Å². The largest absolute Gasteiger partial charge is 0.330 e. The Morgan fingerprint density at radius 3 is 2.83 bits per heavy atom. The van der Waals surface area contributed by atoms with Crippen LogP contribution in [0.15, 0.2) is 34.7 Å². The van der Waals surface area contributed by atoms with Gasteiger partial charge < -0.3 is 14.8 Å². The number of hydrogen-bond donors (Lipinski definition) is 2. The molecule has 0 saturated carbocycles. The van der Waals surface area contributed by atoms with E-state index >= 15 is 0 Å². The molecule has 1 saturated heterocycles. The average Bonchev–Trinajstić information content (AvgIpc) is 3.05. The lowest BCUT2D eigenvalue weighted by molar-refractivity contribution is -0.915. The average molecular weight is 329 g/mol. The molecule has 0 unspecified atom stereocenters. The summed E-state index contributed by atoms with van der Waals surface area (Å²) in [6, 6.07) is 3.73. The third-order valence-electron chi connectivity index (χ3n) is 4.09. The van der Waals surface area contributed by atoms with Gasteiger partial charge in [-0.3, -0.25) is 4.79 Å². The number of hydrogen-bond acceptors (Lipinski definition) is 6. The summed E-state index contributed by atoms with van der Waals surface area (Å²) in [6.07, 6.45) is 3.54. The van der Waals surface area contributed by atoms with Crippen LogP contribution in [0, 0.1) is 0 Å². The lowest BCUT2D eigenvalue weighted by atomic mass is 10.3. The van der Waals surface area contributed by atoms with E-state index in [1.807, 2.05) is 17.5 Å². The number of nitrogens with one attached hydrogen (secondary N) is 2. The Kier molecular flexibility index (Phi) is 3.76. The van der Waals surface area contributed by atoms with E-state index in [4.69, 9.17) is 0 Å². The molecule has 0 radical (unpaired) electrons. The Bertz CT molecular complexity index is 853. The van der Waals surface area contributed by atoms with E-state index in [2.05, 4.69) is 24.8 Å². The van der Waals surface area contributed by atoms with E-state index in [-0.39, 0.29) is 5.56 Å². The summed E-state index contributed by atoms with van der Waals surface area (Å²) in [5, 5.41) is 1.90. The summed E-state index contributed by atoms with van der Waals surface area (Å²) in [7, 11) is 0. The topological polar surface area (TPSA) is 79.2 Å². The van der Waals surface area contributed by atoms with Gasteiger partial charge in [0, 0.05) is 12.4 Å². The highest BCUT2D eigenvalue weighted by Gasteiger charge is 2.22. The standard InChI is InChI=1S/C15H16N6OS/c22-14-13-11(2-9-23-13)18-12(19-14)10-20-5-7-21(8-6-20)15-16-3-1-4-17-15/h1-4,9H,5-8,10H2,(H,18,19,22)/p+1. The lowest BCUT2D eigenvalue weighted by Gasteiger charge is -2.31. The van der Waals surface area contributed by atoms with Gasteiger partial charge in [0.15, 0.2) is 5.82 Å². The van der Waals surface area contributed by atoms with Gasteiger partial charge in [-0.2, -0.15) is 0 Å². The molecule has 0 aromatic carbocycles. The third kappa shape index (κ3) is 2.95. The van der Waals surface area contributed by atoms with Crippen molar-refractivity contribution in [2.24, 2.45) is 0 Å². The Labute approximate surface area is 136 Å². The van der Waals surface area contributed by atoms with Gasteiger partial charge in [-0.15, -0.1) is 11.3 Å². The van der Waals surface area contributed by atoms with Crippen molar-refractivity contribution in [2.75, 3.05) is 31.1 Å². The molecule has 3 aromatic heterocycles. The van der Waals surface area contributed by atoms with Crippen molar-refractivity contribution in [1.82, 2.24) is 19.9 Å². The van der Waals surface area contributed by atoms with Crippen molar-refractivity contribution in [3.8, 4) is 0 Å². The second-order valence-corrected chi connectivity index (χ2v) is 6.53. The van der Waals surface area contributed by atoms with E-state index in [0.29, 0.717) is 4.70 Å². The maximum Gasteiger partial charge on any atom is 0.269 e. The highest BCUT2D eigenvalue weighted by molar-refractivity contribution is 7.17. The zero-order valence-corrected chi connectivity index (χ0v) is 13.3. The Morgan fingerprint density at radius 2 is 2.04 bits per heavy atom. The fraction of sp³-hybridized carbons (Fsp3) is 0.333. The molecular weight excluding hydrogens is 312 g/mol. The van der Waals surface area contributed by atoms with Gasteiger partial charge >= 0.3 is 0 Å². The van der Waals surface area contributed by atoms with Gasteiger partial charge in [0.1, 0.15) is 11.2 Å².